The highest BCUT2D eigenvalue weighted by Gasteiger charge is 2.29. The molecule has 0 saturated heterocycles. The normalized spacial score (nSPS) is 12.0. The monoisotopic (exact) mass is 339 g/mol. The highest BCUT2D eigenvalue weighted by Crippen LogP contribution is 2.14. The van der Waals surface area contributed by atoms with Gasteiger partial charge in [0.2, 0.25) is 0 Å². The minimum Gasteiger partial charge on any atom is -0.440 e. The van der Waals surface area contributed by atoms with E-state index in [1.165, 1.54) is 0 Å². The van der Waals surface area contributed by atoms with Crippen LogP contribution < -0.4 is 5.32 Å². The fraction of sp³-hybridized carbons (Fsp3) is 0.462. The van der Waals surface area contributed by atoms with Gasteiger partial charge in [0, 0.05) is 6.54 Å². The maximum Gasteiger partial charge on any atom is 0.422 e. The minimum atomic E-state index is -4.59. The summed E-state index contributed by atoms with van der Waals surface area (Å²) in [5.41, 5.74) is 0.653. The summed E-state index contributed by atoms with van der Waals surface area (Å²) >= 11 is 0. The van der Waals surface area contributed by atoms with Gasteiger partial charge in [0.1, 0.15) is 0 Å². The lowest BCUT2D eigenvalue weighted by Gasteiger charge is -2.09. The van der Waals surface area contributed by atoms with Crippen LogP contribution in [0.15, 0.2) is 30.3 Å². The Labute approximate surface area is 126 Å². The molecular weight excluding hydrogens is 323 g/mol. The molecule has 9 heteroatoms. The molecule has 0 saturated carbocycles. The van der Waals surface area contributed by atoms with Gasteiger partial charge >= 0.3 is 12.3 Å². The van der Waals surface area contributed by atoms with Gasteiger partial charge in [-0.2, -0.15) is 13.2 Å². The molecule has 0 aromatic heterocycles. The van der Waals surface area contributed by atoms with Crippen LogP contribution in [-0.2, 0) is 20.3 Å². The van der Waals surface area contributed by atoms with Crippen LogP contribution in [0, 0.1) is 0 Å². The molecule has 0 heterocycles. The number of halogens is 3. The largest absolute Gasteiger partial charge is 0.440 e. The van der Waals surface area contributed by atoms with Crippen LogP contribution in [0.1, 0.15) is 12.0 Å². The van der Waals surface area contributed by atoms with Crippen molar-refractivity contribution in [3.63, 3.8) is 0 Å². The third kappa shape index (κ3) is 8.50. The van der Waals surface area contributed by atoms with Gasteiger partial charge in [-0.1, -0.05) is 30.3 Å². The SMILES string of the molecule is O=C(NCCCS(=O)(=O)Cc1ccccc1)OCC(F)(F)F. The van der Waals surface area contributed by atoms with Gasteiger partial charge in [-0.25, -0.2) is 13.2 Å². The zero-order valence-corrected chi connectivity index (χ0v) is 12.4. The van der Waals surface area contributed by atoms with Gasteiger partial charge in [-0.15, -0.1) is 0 Å². The average Bonchev–Trinajstić information content (AvgIpc) is 2.41. The van der Waals surface area contributed by atoms with Crippen molar-refractivity contribution >= 4 is 15.9 Å². The third-order valence-corrected chi connectivity index (χ3v) is 4.18. The molecule has 0 aliphatic heterocycles. The van der Waals surface area contributed by atoms with Crippen LogP contribution in [0.2, 0.25) is 0 Å². The van der Waals surface area contributed by atoms with Gasteiger partial charge in [0.25, 0.3) is 0 Å². The summed E-state index contributed by atoms with van der Waals surface area (Å²) < 4.78 is 62.9. The van der Waals surface area contributed by atoms with E-state index in [-0.39, 0.29) is 24.5 Å². The molecule has 0 unspecified atom stereocenters. The van der Waals surface area contributed by atoms with Crippen molar-refractivity contribution in [2.75, 3.05) is 18.9 Å². The van der Waals surface area contributed by atoms with E-state index in [9.17, 15) is 26.4 Å². The molecule has 0 aliphatic carbocycles. The number of carbonyl (C=O) groups is 1. The number of benzene rings is 1. The second-order valence-electron chi connectivity index (χ2n) is 4.55. The Morgan fingerprint density at radius 3 is 2.41 bits per heavy atom. The van der Waals surface area contributed by atoms with Crippen molar-refractivity contribution < 1.29 is 31.1 Å². The standard InChI is InChI=1S/C13H16F3NO4S/c14-13(15,16)10-21-12(18)17-7-4-8-22(19,20)9-11-5-2-1-3-6-11/h1-3,5-6H,4,7-10H2,(H,17,18). The zero-order chi connectivity index (χ0) is 16.6. The summed E-state index contributed by atoms with van der Waals surface area (Å²) in [4.78, 5) is 10.9. The third-order valence-electron chi connectivity index (χ3n) is 2.50. The summed E-state index contributed by atoms with van der Waals surface area (Å²) in [7, 11) is -3.34. The summed E-state index contributed by atoms with van der Waals surface area (Å²) in [6.07, 6.45) is -5.72. The van der Waals surface area contributed by atoms with E-state index in [2.05, 4.69) is 10.1 Å². The van der Waals surface area contributed by atoms with Crippen molar-refractivity contribution in [3.8, 4) is 0 Å². The molecule has 0 atom stereocenters. The lowest BCUT2D eigenvalue weighted by Crippen LogP contribution is -2.30. The van der Waals surface area contributed by atoms with E-state index in [0.717, 1.165) is 0 Å². The first kappa shape index (κ1) is 18.3. The molecule has 124 valence electrons. The molecule has 1 amide bonds. The fourth-order valence-corrected chi connectivity index (χ4v) is 3.01. The topological polar surface area (TPSA) is 72.5 Å². The van der Waals surface area contributed by atoms with Crippen molar-refractivity contribution in [3.05, 3.63) is 35.9 Å². The van der Waals surface area contributed by atoms with E-state index in [0.29, 0.717) is 5.56 Å². The van der Waals surface area contributed by atoms with Crippen molar-refractivity contribution in [2.24, 2.45) is 0 Å². The van der Waals surface area contributed by atoms with Crippen LogP contribution >= 0.6 is 0 Å². The Balaban J connectivity index is 2.24. The number of alkyl carbamates (subject to hydrolysis) is 1. The van der Waals surface area contributed by atoms with Crippen LogP contribution in [0.3, 0.4) is 0 Å². The first-order valence-corrected chi connectivity index (χ1v) is 8.22. The van der Waals surface area contributed by atoms with Crippen molar-refractivity contribution in [2.45, 2.75) is 18.3 Å². The first-order valence-electron chi connectivity index (χ1n) is 6.40. The highest BCUT2D eigenvalue weighted by molar-refractivity contribution is 7.90. The van der Waals surface area contributed by atoms with E-state index in [1.807, 2.05) is 0 Å². The van der Waals surface area contributed by atoms with Crippen LogP contribution in [-0.4, -0.2) is 39.6 Å². The minimum absolute atomic E-state index is 0.0787. The van der Waals surface area contributed by atoms with Gasteiger partial charge < -0.3 is 10.1 Å². The van der Waals surface area contributed by atoms with Gasteiger partial charge in [0.05, 0.1) is 11.5 Å². The average molecular weight is 339 g/mol. The number of nitrogens with one attached hydrogen (secondary N) is 1. The molecule has 0 spiro atoms. The van der Waals surface area contributed by atoms with E-state index >= 15 is 0 Å². The van der Waals surface area contributed by atoms with Crippen molar-refractivity contribution in [1.29, 1.82) is 0 Å². The van der Waals surface area contributed by atoms with Gasteiger partial charge in [-0.3, -0.25) is 0 Å². The van der Waals surface area contributed by atoms with Crippen LogP contribution in [0.25, 0.3) is 0 Å². The van der Waals surface area contributed by atoms with Crippen molar-refractivity contribution in [1.82, 2.24) is 5.32 Å². The highest BCUT2D eigenvalue weighted by atomic mass is 32.2. The number of rotatable bonds is 7. The summed E-state index contributed by atoms with van der Waals surface area (Å²) in [6.45, 7) is -1.75. The van der Waals surface area contributed by atoms with Gasteiger partial charge in [-0.05, 0) is 12.0 Å². The van der Waals surface area contributed by atoms with E-state index < -0.39 is 28.7 Å². The smallest absolute Gasteiger partial charge is 0.422 e. The fourth-order valence-electron chi connectivity index (χ4n) is 1.58. The van der Waals surface area contributed by atoms with Crippen LogP contribution in [0.4, 0.5) is 18.0 Å². The quantitative estimate of drug-likeness (QED) is 0.774. The Bertz CT molecular complexity index is 573. The summed E-state index contributed by atoms with van der Waals surface area (Å²) in [5.74, 6) is -0.298. The number of carbonyl (C=O) groups excluding carboxylic acids is 1. The predicted octanol–water partition coefficient (Wildman–Crippen LogP) is 2.28. The number of sulfone groups is 1. The molecule has 1 aromatic carbocycles. The molecule has 5 nitrogen and oxygen atoms in total. The van der Waals surface area contributed by atoms with Gasteiger partial charge in [0.15, 0.2) is 16.4 Å². The number of alkyl halides is 3. The maximum absolute atomic E-state index is 11.8. The first-order chi connectivity index (χ1) is 10.2. The molecule has 0 fully saturated rings. The molecular formula is C13H16F3NO4S. The molecule has 0 bridgehead atoms. The number of hydrogen-bond acceptors (Lipinski definition) is 4. The summed E-state index contributed by atoms with van der Waals surface area (Å²) in [6, 6.07) is 8.59. The van der Waals surface area contributed by atoms with E-state index in [1.54, 1.807) is 30.3 Å². The second kappa shape index (κ2) is 8.02. The molecule has 1 rings (SSSR count). The maximum atomic E-state index is 11.8. The number of amides is 1. The van der Waals surface area contributed by atoms with E-state index in [4.69, 9.17) is 0 Å². The Hall–Kier alpha value is -1.77. The second-order valence-corrected chi connectivity index (χ2v) is 6.73. The number of ether oxygens (including phenoxy) is 1. The molecule has 0 aliphatic rings. The Morgan fingerprint density at radius 2 is 1.82 bits per heavy atom. The summed E-state index contributed by atoms with van der Waals surface area (Å²) in [5, 5.41) is 2.07. The molecule has 22 heavy (non-hydrogen) atoms. The Kier molecular flexibility index (Phi) is 6.66. The Morgan fingerprint density at radius 1 is 1.18 bits per heavy atom. The number of hydrogen-bond donors (Lipinski definition) is 1. The molecule has 1 aromatic rings. The van der Waals surface area contributed by atoms with Crippen LogP contribution in [0.5, 0.6) is 0 Å². The zero-order valence-electron chi connectivity index (χ0n) is 11.6. The molecule has 0 radical (unpaired) electrons. The lowest BCUT2D eigenvalue weighted by molar-refractivity contribution is -0.160. The predicted molar refractivity (Wildman–Crippen MR) is 74.0 cm³/mol. The lowest BCUT2D eigenvalue weighted by atomic mass is 10.2. The molecule has 1 N–H and O–H groups in total.